The van der Waals surface area contributed by atoms with Gasteiger partial charge in [-0.25, -0.2) is 0 Å². The van der Waals surface area contributed by atoms with Gasteiger partial charge >= 0.3 is 0 Å². The average molecular weight is 671 g/mol. The van der Waals surface area contributed by atoms with Crippen LogP contribution in [0.25, 0.3) is 16.8 Å². The number of aromatic nitrogens is 1. The Labute approximate surface area is 297 Å². The highest BCUT2D eigenvalue weighted by molar-refractivity contribution is 5.93. The van der Waals surface area contributed by atoms with Gasteiger partial charge in [0.05, 0.1) is 12.5 Å². The molecule has 1 aromatic heterocycles. The Kier molecular flexibility index (Phi) is 21.5. The van der Waals surface area contributed by atoms with E-state index in [1.807, 2.05) is 56.3 Å². The first-order valence-corrected chi connectivity index (χ1v) is 17.7. The van der Waals surface area contributed by atoms with Crippen molar-refractivity contribution in [1.82, 2.24) is 15.2 Å². The summed E-state index contributed by atoms with van der Waals surface area (Å²) in [4.78, 5) is 29.9. The standard InChI is InChI=1S/C32H40N4O2.C7H16O.C3H6/c1-7-11-23(6)28-19-30(35-29(28)9-3)24-13-15-25(16-14-24)33-32(38)18-22(5)17-27(12-8-2)36-20-26(21-36)34-31(37)10-4;1-3-5-7-8-6-4-2;1-3-2/h8,10-17,19,26,35H,4-5,7,9,18,20-21H2,1-3,6H3,(H,33,38)(H,34,37);3-7H2,1-2H3;3H,1H2,2H3/b12-8-,23-11+,27-17+;;. The Morgan fingerprint density at radius 2 is 1.71 bits per heavy atom. The van der Waals surface area contributed by atoms with Crippen LogP contribution in [0.3, 0.4) is 0 Å². The minimum Gasteiger partial charge on any atom is -0.381 e. The zero-order valence-electron chi connectivity index (χ0n) is 31.3. The number of H-pyrrole nitrogens is 1. The highest BCUT2D eigenvalue weighted by Gasteiger charge is 2.28. The summed E-state index contributed by atoms with van der Waals surface area (Å²) in [7, 11) is 0. The molecule has 3 N–H and O–H groups in total. The second-order valence-electron chi connectivity index (χ2n) is 11.9. The number of hydrogen-bond acceptors (Lipinski definition) is 4. The molecular weight excluding hydrogens is 608 g/mol. The monoisotopic (exact) mass is 670 g/mol. The van der Waals surface area contributed by atoms with Crippen molar-refractivity contribution < 1.29 is 14.3 Å². The van der Waals surface area contributed by atoms with E-state index in [-0.39, 0.29) is 24.3 Å². The molecular formula is C42H62N4O3. The molecule has 0 bridgehead atoms. The molecule has 0 unspecified atom stereocenters. The number of aryl methyl sites for hydroxylation is 1. The Balaban J connectivity index is 0.000000943. The maximum atomic E-state index is 12.7. The molecule has 2 amide bonds. The number of ether oxygens (including phenoxy) is 1. The molecule has 0 atom stereocenters. The molecule has 268 valence electrons. The molecule has 1 saturated heterocycles. The first kappa shape index (κ1) is 42.7. The van der Waals surface area contributed by atoms with Gasteiger partial charge in [-0.05, 0) is 105 Å². The van der Waals surface area contributed by atoms with Gasteiger partial charge in [-0.2, -0.15) is 0 Å². The maximum Gasteiger partial charge on any atom is 0.243 e. The predicted molar refractivity (Wildman–Crippen MR) is 210 cm³/mol. The number of amides is 2. The Morgan fingerprint density at radius 1 is 1.04 bits per heavy atom. The van der Waals surface area contributed by atoms with E-state index < -0.39 is 0 Å². The van der Waals surface area contributed by atoms with Crippen LogP contribution in [0.15, 0.2) is 97.8 Å². The summed E-state index contributed by atoms with van der Waals surface area (Å²) in [6.07, 6.45) is 16.9. The molecule has 1 aliphatic rings. The molecule has 7 heteroatoms. The normalized spacial score (nSPS) is 13.0. The maximum absolute atomic E-state index is 12.7. The molecule has 7 nitrogen and oxygen atoms in total. The Bertz CT molecular complexity index is 1400. The molecule has 0 radical (unpaired) electrons. The third-order valence-electron chi connectivity index (χ3n) is 7.51. The number of carbonyl (C=O) groups excluding carboxylic acids is 2. The van der Waals surface area contributed by atoms with Crippen LogP contribution in [-0.4, -0.2) is 54.0 Å². The summed E-state index contributed by atoms with van der Waals surface area (Å²) in [5.74, 6) is -0.280. The second-order valence-corrected chi connectivity index (χ2v) is 11.9. The van der Waals surface area contributed by atoms with Gasteiger partial charge in [-0.3, -0.25) is 9.59 Å². The molecule has 0 saturated carbocycles. The number of unbranched alkanes of at least 4 members (excludes halogenated alkanes) is 1. The van der Waals surface area contributed by atoms with Gasteiger partial charge in [0.25, 0.3) is 0 Å². The van der Waals surface area contributed by atoms with Crippen LogP contribution >= 0.6 is 0 Å². The zero-order valence-corrected chi connectivity index (χ0v) is 31.3. The topological polar surface area (TPSA) is 86.5 Å². The molecule has 1 fully saturated rings. The lowest BCUT2D eigenvalue weighted by molar-refractivity contribution is -0.118. The Hall–Kier alpha value is -4.36. The van der Waals surface area contributed by atoms with Crippen molar-refractivity contribution in [2.45, 2.75) is 93.0 Å². The van der Waals surface area contributed by atoms with E-state index in [9.17, 15) is 9.59 Å². The zero-order chi connectivity index (χ0) is 36.6. The lowest BCUT2D eigenvalue weighted by Gasteiger charge is -2.42. The van der Waals surface area contributed by atoms with Gasteiger partial charge in [0.15, 0.2) is 0 Å². The molecule has 49 heavy (non-hydrogen) atoms. The summed E-state index contributed by atoms with van der Waals surface area (Å²) in [5.41, 5.74) is 8.37. The number of hydrogen-bond donors (Lipinski definition) is 3. The fraction of sp³-hybridized carbons (Fsp3) is 0.429. The number of allylic oxidation sites excluding steroid dienone is 6. The number of carbonyl (C=O) groups is 2. The highest BCUT2D eigenvalue weighted by atomic mass is 16.5. The van der Waals surface area contributed by atoms with Crippen LogP contribution in [0, 0.1) is 0 Å². The number of aromatic amines is 1. The molecule has 1 aromatic carbocycles. The predicted octanol–water partition coefficient (Wildman–Crippen LogP) is 9.79. The van der Waals surface area contributed by atoms with Crippen LogP contribution < -0.4 is 10.6 Å². The summed E-state index contributed by atoms with van der Waals surface area (Å²) in [5, 5.41) is 5.87. The summed E-state index contributed by atoms with van der Waals surface area (Å²) in [6.45, 7) is 28.8. The lowest BCUT2D eigenvalue weighted by atomic mass is 10.0. The van der Waals surface area contributed by atoms with Crippen LogP contribution in [0.2, 0.25) is 0 Å². The first-order chi connectivity index (χ1) is 23.6. The van der Waals surface area contributed by atoms with Gasteiger partial charge in [-0.15, -0.1) is 6.58 Å². The number of benzene rings is 1. The number of likely N-dealkylation sites (tertiary alicyclic amines) is 1. The third kappa shape index (κ3) is 16.1. The van der Waals surface area contributed by atoms with E-state index in [0.29, 0.717) is 18.7 Å². The highest BCUT2D eigenvalue weighted by Crippen LogP contribution is 2.28. The first-order valence-electron chi connectivity index (χ1n) is 17.7. The number of anilines is 1. The van der Waals surface area contributed by atoms with Crippen LogP contribution in [0.4, 0.5) is 5.69 Å². The van der Waals surface area contributed by atoms with Crippen LogP contribution in [-0.2, 0) is 20.7 Å². The quantitative estimate of drug-likeness (QED) is 0.0677. The second kappa shape index (κ2) is 24.7. The van der Waals surface area contributed by atoms with Crippen LogP contribution in [0.5, 0.6) is 0 Å². The van der Waals surface area contributed by atoms with Crippen molar-refractivity contribution in [2.24, 2.45) is 0 Å². The minimum atomic E-state index is -0.164. The van der Waals surface area contributed by atoms with Crippen molar-refractivity contribution in [3.63, 3.8) is 0 Å². The van der Waals surface area contributed by atoms with Crippen molar-refractivity contribution >= 4 is 23.1 Å². The number of rotatable bonds is 17. The van der Waals surface area contributed by atoms with Gasteiger partial charge in [0.1, 0.15) is 0 Å². The fourth-order valence-electron chi connectivity index (χ4n) is 5.05. The largest absolute Gasteiger partial charge is 0.381 e. The van der Waals surface area contributed by atoms with Crippen molar-refractivity contribution in [1.29, 1.82) is 0 Å². The summed E-state index contributed by atoms with van der Waals surface area (Å²) >= 11 is 0. The minimum absolute atomic E-state index is 0.0941. The SMILES string of the molecule is C=CC.C=CC(=O)NC1CN(C(/C=C\C)=C/C(=C)CC(=O)Nc2ccc(-c3cc(/C(C)=C/CC)c(CC)[nH]3)cc2)C1.CCCCOCCC. The van der Waals surface area contributed by atoms with Gasteiger partial charge in [0.2, 0.25) is 11.8 Å². The summed E-state index contributed by atoms with van der Waals surface area (Å²) in [6, 6.07) is 10.2. The lowest BCUT2D eigenvalue weighted by Crippen LogP contribution is -2.58. The van der Waals surface area contributed by atoms with Crippen molar-refractivity contribution in [3.8, 4) is 11.3 Å². The number of nitrogens with one attached hydrogen (secondary N) is 3. The van der Waals surface area contributed by atoms with E-state index in [1.165, 1.54) is 35.7 Å². The molecule has 3 rings (SSSR count). The van der Waals surface area contributed by atoms with Crippen molar-refractivity contribution in [2.75, 3.05) is 31.6 Å². The third-order valence-corrected chi connectivity index (χ3v) is 7.51. The average Bonchev–Trinajstić information content (AvgIpc) is 3.50. The van der Waals surface area contributed by atoms with Gasteiger partial charge < -0.3 is 25.3 Å². The molecule has 2 heterocycles. The van der Waals surface area contributed by atoms with Gasteiger partial charge in [-0.1, -0.05) is 77.6 Å². The van der Waals surface area contributed by atoms with E-state index in [2.05, 4.69) is 87.0 Å². The van der Waals surface area contributed by atoms with E-state index in [1.54, 1.807) is 6.08 Å². The molecule has 2 aromatic rings. The smallest absolute Gasteiger partial charge is 0.243 e. The fourth-order valence-corrected chi connectivity index (χ4v) is 5.05. The van der Waals surface area contributed by atoms with Gasteiger partial charge in [0, 0.05) is 49.1 Å². The molecule has 1 aliphatic heterocycles. The Morgan fingerprint density at radius 3 is 2.27 bits per heavy atom. The van der Waals surface area contributed by atoms with E-state index in [0.717, 1.165) is 55.1 Å². The number of nitrogens with zero attached hydrogens (tertiary/aromatic N) is 1. The van der Waals surface area contributed by atoms with E-state index >= 15 is 0 Å². The van der Waals surface area contributed by atoms with Crippen LogP contribution in [0.1, 0.15) is 91.8 Å². The van der Waals surface area contributed by atoms with Crippen molar-refractivity contribution in [3.05, 3.63) is 109 Å². The summed E-state index contributed by atoms with van der Waals surface area (Å²) < 4.78 is 5.22. The van der Waals surface area contributed by atoms with E-state index in [4.69, 9.17) is 4.74 Å². The molecule has 0 spiro atoms. The molecule has 0 aliphatic carbocycles.